The van der Waals surface area contributed by atoms with Crippen molar-refractivity contribution in [2.45, 2.75) is 6.61 Å². The second-order valence-electron chi connectivity index (χ2n) is 7.74. The third-order valence-electron chi connectivity index (χ3n) is 5.57. The van der Waals surface area contributed by atoms with Gasteiger partial charge >= 0.3 is 0 Å². The van der Waals surface area contributed by atoms with E-state index in [0.717, 1.165) is 24.3 Å². The average molecular weight is 458 g/mol. The molecule has 1 heterocycles. The summed E-state index contributed by atoms with van der Waals surface area (Å²) in [5.74, 6) is 0.361. The van der Waals surface area contributed by atoms with Crippen LogP contribution in [0.2, 0.25) is 5.02 Å². The molecule has 166 valence electrons. The van der Waals surface area contributed by atoms with Crippen LogP contribution in [0.1, 0.15) is 11.1 Å². The van der Waals surface area contributed by atoms with Gasteiger partial charge in [-0.25, -0.2) is 0 Å². The number of para-hydroxylation sites is 2. The third kappa shape index (κ3) is 5.74. The Hall–Kier alpha value is -3.75. The number of piperazine rings is 1. The zero-order valence-corrected chi connectivity index (χ0v) is 18.9. The molecule has 4 rings (SSSR count). The number of carbonyl (C=O) groups excluding carboxylic acids is 1. The van der Waals surface area contributed by atoms with E-state index in [1.165, 1.54) is 0 Å². The molecule has 0 spiro atoms. The highest BCUT2D eigenvalue weighted by molar-refractivity contribution is 6.30. The first-order chi connectivity index (χ1) is 16.1. The summed E-state index contributed by atoms with van der Waals surface area (Å²) in [7, 11) is 0. The Morgan fingerprint density at radius 1 is 0.939 bits per heavy atom. The maximum absolute atomic E-state index is 13.1. The standard InChI is InChI=1S/C27H24ClN3O2/c28-24-12-10-21(11-13-24)20-33-26-9-5-4-6-22(26)18-23(19-29)27(32)31-16-14-30(15-17-31)25-7-2-1-3-8-25/h1-13,18H,14-17,20H2/b23-18-. The average Bonchev–Trinajstić information content (AvgIpc) is 2.88. The summed E-state index contributed by atoms with van der Waals surface area (Å²) in [6, 6.07) is 27.1. The van der Waals surface area contributed by atoms with Crippen molar-refractivity contribution in [1.82, 2.24) is 4.90 Å². The number of rotatable bonds is 6. The lowest BCUT2D eigenvalue weighted by molar-refractivity contribution is -0.126. The van der Waals surface area contributed by atoms with E-state index in [1.54, 1.807) is 11.0 Å². The van der Waals surface area contributed by atoms with Crippen LogP contribution in [0.5, 0.6) is 5.75 Å². The van der Waals surface area contributed by atoms with Crippen LogP contribution >= 0.6 is 11.6 Å². The summed E-state index contributed by atoms with van der Waals surface area (Å²) in [6.07, 6.45) is 1.61. The number of nitrogens with zero attached hydrogens (tertiary/aromatic N) is 3. The first-order valence-corrected chi connectivity index (χ1v) is 11.2. The maximum atomic E-state index is 13.1. The number of halogens is 1. The number of ether oxygens (including phenoxy) is 1. The van der Waals surface area contributed by atoms with Gasteiger partial charge in [0.05, 0.1) is 0 Å². The number of carbonyl (C=O) groups is 1. The zero-order valence-electron chi connectivity index (χ0n) is 18.2. The summed E-state index contributed by atoms with van der Waals surface area (Å²) in [5, 5.41) is 10.4. The van der Waals surface area contributed by atoms with Crippen molar-refractivity contribution in [1.29, 1.82) is 5.26 Å². The Bertz CT molecular complexity index is 1160. The highest BCUT2D eigenvalue weighted by Gasteiger charge is 2.24. The molecular weight excluding hydrogens is 434 g/mol. The van der Waals surface area contributed by atoms with Crippen LogP contribution in [0.15, 0.2) is 84.4 Å². The van der Waals surface area contributed by atoms with Gasteiger partial charge in [0.1, 0.15) is 24.0 Å². The molecule has 0 radical (unpaired) electrons. The van der Waals surface area contributed by atoms with Crippen molar-refractivity contribution in [3.63, 3.8) is 0 Å². The monoisotopic (exact) mass is 457 g/mol. The molecule has 0 saturated carbocycles. The highest BCUT2D eigenvalue weighted by Crippen LogP contribution is 2.24. The SMILES string of the molecule is N#C/C(=C/c1ccccc1OCc1ccc(Cl)cc1)C(=O)N1CCN(c2ccccc2)CC1. The summed E-state index contributed by atoms with van der Waals surface area (Å²) in [6.45, 7) is 2.97. The van der Waals surface area contributed by atoms with Crippen molar-refractivity contribution >= 4 is 29.3 Å². The van der Waals surface area contributed by atoms with Crippen LogP contribution in [0.4, 0.5) is 5.69 Å². The molecule has 1 saturated heterocycles. The Morgan fingerprint density at radius 2 is 1.61 bits per heavy atom. The summed E-state index contributed by atoms with van der Waals surface area (Å²) < 4.78 is 5.97. The number of benzene rings is 3. The van der Waals surface area contributed by atoms with Crippen LogP contribution < -0.4 is 9.64 Å². The lowest BCUT2D eigenvalue weighted by atomic mass is 10.1. The number of nitriles is 1. The van der Waals surface area contributed by atoms with Crippen LogP contribution in [0.3, 0.4) is 0 Å². The molecule has 3 aromatic carbocycles. The van der Waals surface area contributed by atoms with Crippen molar-refractivity contribution < 1.29 is 9.53 Å². The van der Waals surface area contributed by atoms with Crippen LogP contribution in [0, 0.1) is 11.3 Å². The fourth-order valence-electron chi connectivity index (χ4n) is 3.75. The normalized spacial score (nSPS) is 14.0. The van der Waals surface area contributed by atoms with Crippen molar-refractivity contribution in [2.75, 3.05) is 31.1 Å². The summed E-state index contributed by atoms with van der Waals surface area (Å²) in [5.41, 5.74) is 2.92. The van der Waals surface area contributed by atoms with Crippen LogP contribution in [-0.2, 0) is 11.4 Å². The highest BCUT2D eigenvalue weighted by atomic mass is 35.5. The van der Waals surface area contributed by atoms with Gasteiger partial charge in [-0.05, 0) is 42.0 Å². The minimum absolute atomic E-state index is 0.103. The summed E-state index contributed by atoms with van der Waals surface area (Å²) >= 11 is 5.94. The molecule has 1 aliphatic rings. The van der Waals surface area contributed by atoms with E-state index in [4.69, 9.17) is 16.3 Å². The topological polar surface area (TPSA) is 56.6 Å². The predicted octanol–water partition coefficient (Wildman–Crippen LogP) is 5.17. The predicted molar refractivity (Wildman–Crippen MR) is 131 cm³/mol. The molecule has 33 heavy (non-hydrogen) atoms. The first kappa shape index (κ1) is 22.4. The zero-order chi connectivity index (χ0) is 23.0. The van der Waals surface area contributed by atoms with Crippen molar-refractivity contribution in [3.05, 3.63) is 101 Å². The van der Waals surface area contributed by atoms with E-state index in [9.17, 15) is 10.1 Å². The van der Waals surface area contributed by atoms with E-state index < -0.39 is 0 Å². The number of hydrogen-bond donors (Lipinski definition) is 0. The molecule has 0 bridgehead atoms. The molecular formula is C27H24ClN3O2. The van der Waals surface area contributed by atoms with Gasteiger partial charge in [-0.15, -0.1) is 0 Å². The van der Waals surface area contributed by atoms with Gasteiger partial charge in [0.25, 0.3) is 5.91 Å². The van der Waals surface area contributed by atoms with E-state index in [2.05, 4.69) is 23.1 Å². The molecule has 0 N–H and O–H groups in total. The van der Waals surface area contributed by atoms with Gasteiger partial charge in [0.15, 0.2) is 0 Å². The van der Waals surface area contributed by atoms with Crippen LogP contribution in [-0.4, -0.2) is 37.0 Å². The quantitative estimate of drug-likeness (QED) is 0.378. The van der Waals surface area contributed by atoms with Gasteiger partial charge < -0.3 is 14.5 Å². The van der Waals surface area contributed by atoms with Gasteiger partial charge in [0, 0.05) is 42.5 Å². The molecule has 1 fully saturated rings. The second kappa shape index (κ2) is 10.7. The van der Waals surface area contributed by atoms with Gasteiger partial charge in [-0.2, -0.15) is 5.26 Å². The van der Waals surface area contributed by atoms with Gasteiger partial charge in [0.2, 0.25) is 0 Å². The molecule has 5 nitrogen and oxygen atoms in total. The van der Waals surface area contributed by atoms with Crippen molar-refractivity contribution in [2.24, 2.45) is 0 Å². The van der Waals surface area contributed by atoms with E-state index in [0.29, 0.717) is 36.0 Å². The molecule has 0 unspecified atom stereocenters. The Kier molecular flexibility index (Phi) is 7.29. The minimum atomic E-state index is -0.252. The molecule has 0 aliphatic carbocycles. The van der Waals surface area contributed by atoms with Gasteiger partial charge in [-0.1, -0.05) is 60.1 Å². The Labute approximate surface area is 199 Å². The molecule has 3 aromatic rings. The third-order valence-corrected chi connectivity index (χ3v) is 5.82. The molecule has 1 amide bonds. The number of hydrogen-bond acceptors (Lipinski definition) is 4. The number of amides is 1. The Balaban J connectivity index is 1.44. The molecule has 0 aromatic heterocycles. The minimum Gasteiger partial charge on any atom is -0.488 e. The van der Waals surface area contributed by atoms with E-state index in [-0.39, 0.29) is 11.5 Å². The largest absolute Gasteiger partial charge is 0.488 e. The first-order valence-electron chi connectivity index (χ1n) is 10.8. The Morgan fingerprint density at radius 3 is 2.30 bits per heavy atom. The van der Waals surface area contributed by atoms with Gasteiger partial charge in [-0.3, -0.25) is 4.79 Å². The second-order valence-corrected chi connectivity index (χ2v) is 8.17. The summed E-state index contributed by atoms with van der Waals surface area (Å²) in [4.78, 5) is 17.1. The van der Waals surface area contributed by atoms with E-state index in [1.807, 2.05) is 66.7 Å². The lowest BCUT2D eigenvalue weighted by Gasteiger charge is -2.36. The smallest absolute Gasteiger partial charge is 0.264 e. The fourth-order valence-corrected chi connectivity index (χ4v) is 3.87. The molecule has 1 aliphatic heterocycles. The fraction of sp³-hybridized carbons (Fsp3) is 0.185. The number of anilines is 1. The molecule has 0 atom stereocenters. The maximum Gasteiger partial charge on any atom is 0.264 e. The van der Waals surface area contributed by atoms with E-state index >= 15 is 0 Å². The van der Waals surface area contributed by atoms with Crippen molar-refractivity contribution in [3.8, 4) is 11.8 Å². The lowest BCUT2D eigenvalue weighted by Crippen LogP contribution is -2.49. The molecule has 6 heteroatoms. The van der Waals surface area contributed by atoms with Crippen LogP contribution in [0.25, 0.3) is 6.08 Å².